The second-order valence-electron chi connectivity index (χ2n) is 12.3. The third kappa shape index (κ3) is 18.2. The highest BCUT2D eigenvalue weighted by molar-refractivity contribution is 5.82. The smallest absolute Gasteiger partial charge is 0.249 e. The normalized spacial score (nSPS) is 17.0. The van der Waals surface area contributed by atoms with Crippen LogP contribution in [0.5, 0.6) is 0 Å². The summed E-state index contributed by atoms with van der Waals surface area (Å²) in [6.07, 6.45) is 21.7. The number of aliphatic hydroxyl groups excluding tert-OH is 2. The molecule has 1 heterocycles. The van der Waals surface area contributed by atoms with Crippen molar-refractivity contribution in [2.75, 3.05) is 26.2 Å². The van der Waals surface area contributed by atoms with Crippen LogP contribution < -0.4 is 16.1 Å². The van der Waals surface area contributed by atoms with Crippen molar-refractivity contribution < 1.29 is 24.6 Å². The predicted molar refractivity (Wildman–Crippen MR) is 165 cm³/mol. The van der Waals surface area contributed by atoms with Crippen molar-refractivity contribution in [3.05, 3.63) is 12.2 Å². The van der Waals surface area contributed by atoms with Crippen LogP contribution in [-0.2, 0) is 14.4 Å². The molecule has 41 heavy (non-hydrogen) atoms. The van der Waals surface area contributed by atoms with Gasteiger partial charge in [0.1, 0.15) is 6.10 Å². The van der Waals surface area contributed by atoms with Crippen LogP contribution in [0.25, 0.3) is 0 Å². The molecule has 5 N–H and O–H groups in total. The third-order valence-corrected chi connectivity index (χ3v) is 7.78. The summed E-state index contributed by atoms with van der Waals surface area (Å²) < 4.78 is 0. The molecule has 0 radical (unpaired) electrons. The molecule has 0 saturated carbocycles. The monoisotopic (exact) mass is 580 g/mol. The maximum atomic E-state index is 12.4. The Morgan fingerprint density at radius 1 is 0.902 bits per heavy atom. The van der Waals surface area contributed by atoms with Crippen molar-refractivity contribution in [3.8, 4) is 0 Å². The number of carbonyl (C=O) groups excluding carboxylic acids is 3. The van der Waals surface area contributed by atoms with Crippen LogP contribution in [0, 0.1) is 5.41 Å². The molecule has 0 aromatic carbocycles. The molecular formula is C32H60N4O5. The van der Waals surface area contributed by atoms with E-state index in [0.717, 1.165) is 45.1 Å². The van der Waals surface area contributed by atoms with Crippen LogP contribution in [0.1, 0.15) is 130 Å². The number of unbranched alkanes of at least 4 members (excludes halogenated alkanes) is 11. The molecule has 0 aromatic heterocycles. The number of hydrogen-bond donors (Lipinski definition) is 5. The number of aliphatic hydroxyl groups is 2. The number of nitrogens with one attached hydrogen (secondary N) is 3. The van der Waals surface area contributed by atoms with E-state index < -0.39 is 17.4 Å². The minimum atomic E-state index is -1.35. The molecule has 1 aliphatic heterocycles. The Morgan fingerprint density at radius 2 is 1.51 bits per heavy atom. The summed E-state index contributed by atoms with van der Waals surface area (Å²) in [4.78, 5) is 36.8. The number of hydrazine groups is 1. The minimum absolute atomic E-state index is 0.0293. The SMILES string of the molecule is CCCCCCCC/C=C\CCCCCCCC(=O)NN1CCCC(NC(=O)CCNC(=O)C(O)C(C)(C)CO)C1. The third-order valence-electron chi connectivity index (χ3n) is 7.78. The summed E-state index contributed by atoms with van der Waals surface area (Å²) in [6, 6.07) is -0.0639. The first-order chi connectivity index (χ1) is 19.7. The number of carbonyl (C=O) groups is 3. The Bertz CT molecular complexity index is 758. The van der Waals surface area contributed by atoms with Crippen molar-refractivity contribution in [1.29, 1.82) is 0 Å². The van der Waals surface area contributed by atoms with Gasteiger partial charge in [-0.15, -0.1) is 0 Å². The molecule has 1 rings (SSSR count). The highest BCUT2D eigenvalue weighted by Crippen LogP contribution is 2.19. The maximum absolute atomic E-state index is 12.4. The fraction of sp³-hybridized carbons (Fsp3) is 0.844. The van der Waals surface area contributed by atoms with Gasteiger partial charge in [0, 0.05) is 43.9 Å². The average molecular weight is 581 g/mol. The lowest BCUT2D eigenvalue weighted by Gasteiger charge is -2.33. The molecule has 0 aromatic rings. The fourth-order valence-corrected chi connectivity index (χ4v) is 4.92. The summed E-state index contributed by atoms with van der Waals surface area (Å²) in [5, 5.41) is 26.7. The van der Waals surface area contributed by atoms with Gasteiger partial charge in [0.05, 0.1) is 6.61 Å². The van der Waals surface area contributed by atoms with Gasteiger partial charge < -0.3 is 20.8 Å². The molecule has 9 nitrogen and oxygen atoms in total. The molecule has 0 aliphatic carbocycles. The van der Waals surface area contributed by atoms with Crippen molar-refractivity contribution in [1.82, 2.24) is 21.1 Å². The quantitative estimate of drug-likeness (QED) is 0.0892. The fourth-order valence-electron chi connectivity index (χ4n) is 4.92. The number of allylic oxidation sites excluding steroid dienone is 2. The van der Waals surface area contributed by atoms with E-state index in [1.165, 1.54) is 57.8 Å². The van der Waals surface area contributed by atoms with E-state index in [1.54, 1.807) is 13.8 Å². The molecule has 238 valence electrons. The van der Waals surface area contributed by atoms with E-state index in [9.17, 15) is 24.6 Å². The summed E-state index contributed by atoms with van der Waals surface area (Å²) in [6.45, 7) is 6.54. The first-order valence-corrected chi connectivity index (χ1v) is 16.2. The molecule has 1 fully saturated rings. The van der Waals surface area contributed by atoms with Crippen molar-refractivity contribution >= 4 is 17.7 Å². The highest BCUT2D eigenvalue weighted by Gasteiger charge is 2.32. The van der Waals surface area contributed by atoms with Gasteiger partial charge in [0.15, 0.2) is 0 Å². The standard InChI is InChI=1S/C32H60N4O5/c1-4-5-6-7-8-9-10-11-12-13-14-15-16-17-18-21-29(39)35-36-24-19-20-27(25-36)34-28(38)22-23-33-31(41)30(40)32(2,3)26-37/h11-12,27,30,37,40H,4-10,13-26H2,1-3H3,(H,33,41)(H,34,38)(H,35,39)/b12-11-. The minimum Gasteiger partial charge on any atom is -0.396 e. The highest BCUT2D eigenvalue weighted by atomic mass is 16.3. The van der Waals surface area contributed by atoms with Gasteiger partial charge in [-0.3, -0.25) is 19.8 Å². The molecule has 1 saturated heterocycles. The van der Waals surface area contributed by atoms with Crippen LogP contribution in [0.15, 0.2) is 12.2 Å². The van der Waals surface area contributed by atoms with Crippen molar-refractivity contribution in [3.63, 3.8) is 0 Å². The second kappa shape index (κ2) is 22.6. The first kappa shape index (κ1) is 37.1. The Labute approximate surface area is 249 Å². The zero-order valence-electron chi connectivity index (χ0n) is 26.2. The van der Waals surface area contributed by atoms with E-state index in [2.05, 4.69) is 35.1 Å². The van der Waals surface area contributed by atoms with Gasteiger partial charge in [0.2, 0.25) is 17.7 Å². The van der Waals surface area contributed by atoms with Crippen molar-refractivity contribution in [2.24, 2.45) is 5.41 Å². The number of piperidine rings is 1. The Balaban J connectivity index is 2.08. The molecule has 1 aliphatic rings. The van der Waals surface area contributed by atoms with Crippen LogP contribution >= 0.6 is 0 Å². The lowest BCUT2D eigenvalue weighted by Crippen LogP contribution is -2.54. The van der Waals surface area contributed by atoms with Crippen LogP contribution in [0.2, 0.25) is 0 Å². The number of rotatable bonds is 23. The molecule has 0 bridgehead atoms. The molecule has 9 heteroatoms. The van der Waals surface area contributed by atoms with Gasteiger partial charge in [0.25, 0.3) is 0 Å². The van der Waals surface area contributed by atoms with E-state index in [0.29, 0.717) is 13.0 Å². The predicted octanol–water partition coefficient (Wildman–Crippen LogP) is 4.52. The Hall–Kier alpha value is -1.97. The molecular weight excluding hydrogens is 520 g/mol. The van der Waals surface area contributed by atoms with Crippen LogP contribution in [0.4, 0.5) is 0 Å². The second-order valence-corrected chi connectivity index (χ2v) is 12.3. The molecule has 3 amide bonds. The topological polar surface area (TPSA) is 131 Å². The van der Waals surface area contributed by atoms with Crippen molar-refractivity contribution in [2.45, 2.75) is 142 Å². The molecule has 2 atom stereocenters. The van der Waals surface area contributed by atoms with E-state index in [4.69, 9.17) is 0 Å². The zero-order chi connectivity index (χ0) is 30.3. The number of nitrogens with zero attached hydrogens (tertiary/aromatic N) is 1. The summed E-state index contributed by atoms with van der Waals surface area (Å²) in [5.74, 6) is -0.760. The van der Waals surface area contributed by atoms with Gasteiger partial charge in [-0.05, 0) is 44.9 Å². The zero-order valence-corrected chi connectivity index (χ0v) is 26.2. The number of hydrogen-bond acceptors (Lipinski definition) is 6. The maximum Gasteiger partial charge on any atom is 0.249 e. The molecule has 2 unspecified atom stereocenters. The first-order valence-electron chi connectivity index (χ1n) is 16.2. The molecule has 0 spiro atoms. The largest absolute Gasteiger partial charge is 0.396 e. The van der Waals surface area contributed by atoms with Gasteiger partial charge >= 0.3 is 0 Å². The Kier molecular flexibility index (Phi) is 20.4. The van der Waals surface area contributed by atoms with E-state index >= 15 is 0 Å². The van der Waals surface area contributed by atoms with Crippen LogP contribution in [-0.4, -0.2) is 71.3 Å². The van der Waals surface area contributed by atoms with E-state index in [1.807, 2.05) is 5.01 Å². The lowest BCUT2D eigenvalue weighted by atomic mass is 9.87. The average Bonchev–Trinajstić information content (AvgIpc) is 2.94. The summed E-state index contributed by atoms with van der Waals surface area (Å²) in [5.41, 5.74) is 2.04. The summed E-state index contributed by atoms with van der Waals surface area (Å²) >= 11 is 0. The van der Waals surface area contributed by atoms with Crippen LogP contribution in [0.3, 0.4) is 0 Å². The van der Waals surface area contributed by atoms with Gasteiger partial charge in [-0.25, -0.2) is 5.01 Å². The lowest BCUT2D eigenvalue weighted by molar-refractivity contribution is -0.137. The summed E-state index contributed by atoms with van der Waals surface area (Å²) in [7, 11) is 0. The van der Waals surface area contributed by atoms with E-state index in [-0.39, 0.29) is 37.4 Å². The number of amides is 3. The Morgan fingerprint density at radius 3 is 2.15 bits per heavy atom. The van der Waals surface area contributed by atoms with Gasteiger partial charge in [-0.2, -0.15) is 0 Å². The van der Waals surface area contributed by atoms with Gasteiger partial charge in [-0.1, -0.05) is 84.3 Å².